The Morgan fingerprint density at radius 2 is 2.32 bits per heavy atom. The van der Waals surface area contributed by atoms with Gasteiger partial charge in [-0.15, -0.1) is 11.3 Å². The lowest BCUT2D eigenvalue weighted by atomic mass is 10.3. The second-order valence-electron chi connectivity index (χ2n) is 4.25. The number of methoxy groups -OCH3 is 1. The summed E-state index contributed by atoms with van der Waals surface area (Å²) in [7, 11) is 1.29. The summed E-state index contributed by atoms with van der Waals surface area (Å²) in [6, 6.07) is -0.642. The van der Waals surface area contributed by atoms with E-state index in [0.717, 1.165) is 16.3 Å². The summed E-state index contributed by atoms with van der Waals surface area (Å²) in [4.78, 5) is 28.2. The van der Waals surface area contributed by atoms with Crippen molar-refractivity contribution in [3.63, 3.8) is 0 Å². The number of nitrogens with zero attached hydrogens (tertiary/aromatic N) is 2. The number of rotatable bonds is 4. The summed E-state index contributed by atoms with van der Waals surface area (Å²) in [5, 5.41) is 4.49. The largest absolute Gasteiger partial charge is 0.467 e. The van der Waals surface area contributed by atoms with Crippen molar-refractivity contribution in [3.05, 3.63) is 23.0 Å². The van der Waals surface area contributed by atoms with Crippen LogP contribution in [-0.4, -0.2) is 34.4 Å². The van der Waals surface area contributed by atoms with E-state index < -0.39 is 12.0 Å². The summed E-state index contributed by atoms with van der Waals surface area (Å²) < 4.78 is 6.45. The number of fused-ring (bicyclic) bond motifs is 1. The first kappa shape index (κ1) is 13.5. The van der Waals surface area contributed by atoms with E-state index in [-0.39, 0.29) is 12.3 Å². The maximum atomic E-state index is 11.8. The molecule has 1 atom stereocenters. The zero-order valence-corrected chi connectivity index (χ0v) is 11.8. The molecule has 0 bridgehead atoms. The van der Waals surface area contributed by atoms with Gasteiger partial charge in [0, 0.05) is 17.3 Å². The minimum atomic E-state index is -0.642. The highest BCUT2D eigenvalue weighted by atomic mass is 32.1. The van der Waals surface area contributed by atoms with E-state index >= 15 is 0 Å². The molecule has 0 aromatic carbocycles. The smallest absolute Gasteiger partial charge is 0.328 e. The number of amides is 1. The van der Waals surface area contributed by atoms with E-state index in [1.165, 1.54) is 18.4 Å². The number of hydrogen-bond acceptors (Lipinski definition) is 5. The standard InChI is InChI=1S/C12H15N3O3S/c1-7-5-15-9(6-19-12(15)13-7)4-10(16)14-8(2)11(17)18-3/h5-6,8H,4H2,1-3H3,(H,14,16). The summed E-state index contributed by atoms with van der Waals surface area (Å²) in [5.74, 6) is -0.675. The molecule has 19 heavy (non-hydrogen) atoms. The van der Waals surface area contributed by atoms with Crippen LogP contribution in [0.5, 0.6) is 0 Å². The van der Waals surface area contributed by atoms with Gasteiger partial charge in [-0.05, 0) is 13.8 Å². The van der Waals surface area contributed by atoms with Gasteiger partial charge >= 0.3 is 5.97 Å². The Balaban J connectivity index is 2.04. The Kier molecular flexibility index (Phi) is 3.84. The number of aryl methyl sites for hydroxylation is 1. The van der Waals surface area contributed by atoms with E-state index in [2.05, 4.69) is 15.0 Å². The second-order valence-corrected chi connectivity index (χ2v) is 5.09. The molecule has 0 aliphatic carbocycles. The second kappa shape index (κ2) is 5.40. The van der Waals surface area contributed by atoms with Gasteiger partial charge < -0.3 is 10.1 Å². The van der Waals surface area contributed by atoms with Crippen LogP contribution in [-0.2, 0) is 20.7 Å². The minimum absolute atomic E-state index is 0.205. The van der Waals surface area contributed by atoms with Crippen LogP contribution >= 0.6 is 11.3 Å². The van der Waals surface area contributed by atoms with Gasteiger partial charge in [-0.1, -0.05) is 0 Å². The molecule has 0 fully saturated rings. The minimum Gasteiger partial charge on any atom is -0.467 e. The van der Waals surface area contributed by atoms with Crippen molar-refractivity contribution in [2.24, 2.45) is 0 Å². The number of hydrogen-bond donors (Lipinski definition) is 1. The molecule has 0 spiro atoms. The number of esters is 1. The molecule has 1 N–H and O–H groups in total. The van der Waals surface area contributed by atoms with Gasteiger partial charge in [0.25, 0.3) is 0 Å². The van der Waals surface area contributed by atoms with Crippen molar-refractivity contribution >= 4 is 28.2 Å². The highest BCUT2D eigenvalue weighted by Gasteiger charge is 2.17. The predicted molar refractivity (Wildman–Crippen MR) is 71.1 cm³/mol. The topological polar surface area (TPSA) is 72.7 Å². The van der Waals surface area contributed by atoms with Crippen molar-refractivity contribution in [3.8, 4) is 0 Å². The molecule has 2 aromatic heterocycles. The van der Waals surface area contributed by atoms with Crippen molar-refractivity contribution in [1.82, 2.24) is 14.7 Å². The van der Waals surface area contributed by atoms with Crippen LogP contribution in [0.25, 0.3) is 4.96 Å². The molecule has 2 aromatic rings. The highest BCUT2D eigenvalue weighted by molar-refractivity contribution is 7.15. The van der Waals surface area contributed by atoms with E-state index in [9.17, 15) is 9.59 Å². The zero-order chi connectivity index (χ0) is 14.0. The Morgan fingerprint density at radius 3 is 3.00 bits per heavy atom. The van der Waals surface area contributed by atoms with E-state index in [1.807, 2.05) is 22.9 Å². The van der Waals surface area contributed by atoms with Crippen LogP contribution in [0.1, 0.15) is 18.3 Å². The molecule has 0 aliphatic heterocycles. The molecule has 7 heteroatoms. The summed E-state index contributed by atoms with van der Waals surface area (Å²) >= 11 is 1.49. The molecule has 2 rings (SSSR count). The van der Waals surface area contributed by atoms with Crippen LogP contribution in [0, 0.1) is 6.92 Å². The summed E-state index contributed by atoms with van der Waals surface area (Å²) in [5.41, 5.74) is 1.77. The van der Waals surface area contributed by atoms with Gasteiger partial charge in [0.05, 0.1) is 19.2 Å². The average Bonchev–Trinajstić information content (AvgIpc) is 2.89. The third-order valence-electron chi connectivity index (χ3n) is 2.68. The molecular formula is C12H15N3O3S. The third kappa shape index (κ3) is 2.93. The molecule has 6 nitrogen and oxygen atoms in total. The van der Waals surface area contributed by atoms with Gasteiger partial charge in [-0.3, -0.25) is 9.20 Å². The quantitative estimate of drug-likeness (QED) is 0.846. The Hall–Kier alpha value is -1.89. The predicted octanol–water partition coefficient (Wildman–Crippen LogP) is 0.924. The van der Waals surface area contributed by atoms with Crippen molar-refractivity contribution in [2.75, 3.05) is 7.11 Å². The summed E-state index contributed by atoms with van der Waals surface area (Å²) in [6.45, 7) is 3.50. The SMILES string of the molecule is COC(=O)C(C)NC(=O)Cc1csc2nc(C)cn12. The zero-order valence-electron chi connectivity index (χ0n) is 11.0. The lowest BCUT2D eigenvalue weighted by Crippen LogP contribution is -2.40. The Labute approximate surface area is 114 Å². The van der Waals surface area contributed by atoms with Gasteiger partial charge in [0.15, 0.2) is 4.96 Å². The average molecular weight is 281 g/mol. The number of carbonyl (C=O) groups is 2. The molecule has 102 valence electrons. The third-order valence-corrected chi connectivity index (χ3v) is 3.57. The first-order chi connectivity index (χ1) is 9.01. The molecule has 0 saturated carbocycles. The van der Waals surface area contributed by atoms with E-state index in [1.54, 1.807) is 6.92 Å². The highest BCUT2D eigenvalue weighted by Crippen LogP contribution is 2.16. The molecule has 2 heterocycles. The summed E-state index contributed by atoms with van der Waals surface area (Å²) in [6.07, 6.45) is 2.09. The van der Waals surface area contributed by atoms with Crippen LogP contribution in [0.2, 0.25) is 0 Å². The fourth-order valence-electron chi connectivity index (χ4n) is 1.76. The van der Waals surface area contributed by atoms with E-state index in [4.69, 9.17) is 0 Å². The lowest BCUT2D eigenvalue weighted by molar-refractivity contribution is -0.144. The number of thiazole rings is 1. The lowest BCUT2D eigenvalue weighted by Gasteiger charge is -2.11. The van der Waals surface area contributed by atoms with Crippen LogP contribution < -0.4 is 5.32 Å². The fraction of sp³-hybridized carbons (Fsp3) is 0.417. The van der Waals surface area contributed by atoms with Gasteiger partial charge in [-0.2, -0.15) is 0 Å². The number of aromatic nitrogens is 2. The Bertz CT molecular complexity index is 617. The van der Waals surface area contributed by atoms with Gasteiger partial charge in [0.2, 0.25) is 5.91 Å². The maximum absolute atomic E-state index is 11.8. The van der Waals surface area contributed by atoms with Crippen LogP contribution in [0.3, 0.4) is 0 Å². The molecule has 0 aliphatic rings. The van der Waals surface area contributed by atoms with E-state index in [0.29, 0.717) is 0 Å². The number of imidazole rings is 1. The molecule has 1 amide bonds. The van der Waals surface area contributed by atoms with Gasteiger partial charge in [0.1, 0.15) is 6.04 Å². The van der Waals surface area contributed by atoms with Crippen molar-refractivity contribution in [2.45, 2.75) is 26.3 Å². The molecular weight excluding hydrogens is 266 g/mol. The first-order valence-electron chi connectivity index (χ1n) is 5.80. The van der Waals surface area contributed by atoms with Crippen LogP contribution in [0.15, 0.2) is 11.6 Å². The van der Waals surface area contributed by atoms with Crippen molar-refractivity contribution in [1.29, 1.82) is 0 Å². The number of nitrogens with one attached hydrogen (secondary N) is 1. The maximum Gasteiger partial charge on any atom is 0.328 e. The normalized spacial score (nSPS) is 12.4. The van der Waals surface area contributed by atoms with Crippen molar-refractivity contribution < 1.29 is 14.3 Å². The molecule has 0 saturated heterocycles. The fourth-order valence-corrected chi connectivity index (χ4v) is 2.68. The Morgan fingerprint density at radius 1 is 1.58 bits per heavy atom. The number of carbonyl (C=O) groups excluding carboxylic acids is 2. The monoisotopic (exact) mass is 281 g/mol. The van der Waals surface area contributed by atoms with Gasteiger partial charge in [-0.25, -0.2) is 9.78 Å². The molecule has 0 radical (unpaired) electrons. The number of ether oxygens (including phenoxy) is 1. The first-order valence-corrected chi connectivity index (χ1v) is 6.68. The molecule has 1 unspecified atom stereocenters. The van der Waals surface area contributed by atoms with Crippen LogP contribution in [0.4, 0.5) is 0 Å².